The summed E-state index contributed by atoms with van der Waals surface area (Å²) in [5.41, 5.74) is 5.36. The molecule has 5 fully saturated rings. The molecule has 16 nitrogen and oxygen atoms in total. The minimum atomic E-state index is -4.60. The highest BCUT2D eigenvalue weighted by Crippen LogP contribution is 2.55. The maximum Gasteiger partial charge on any atom is 0.293 e. The second-order valence-electron chi connectivity index (χ2n) is 20.9. The normalized spacial score (nSPS) is 22.5. The predicted octanol–water partition coefficient (Wildman–Crippen LogP) is 8.61. The molecule has 1 saturated carbocycles. The Hall–Kier alpha value is -6.19. The van der Waals surface area contributed by atoms with Crippen LogP contribution in [0.3, 0.4) is 0 Å². The van der Waals surface area contributed by atoms with E-state index in [1.807, 2.05) is 42.3 Å². The van der Waals surface area contributed by atoms with Gasteiger partial charge in [-0.3, -0.25) is 19.8 Å². The van der Waals surface area contributed by atoms with Crippen LogP contribution >= 0.6 is 0 Å². The first-order valence-corrected chi connectivity index (χ1v) is 26.7. The molecule has 1 aliphatic carbocycles. The van der Waals surface area contributed by atoms with Crippen molar-refractivity contribution in [3.63, 3.8) is 0 Å². The average molecular weight is 983 g/mol. The van der Waals surface area contributed by atoms with Crippen LogP contribution in [0.25, 0.3) is 11.0 Å². The molecular weight excluding hydrogens is 921 g/mol. The number of sulfonamides is 1. The first-order valence-electron chi connectivity index (χ1n) is 25.2. The Morgan fingerprint density at radius 3 is 2.56 bits per heavy atom. The fraction of sp³-hybridized carbons (Fsp3) is 0.481. The Morgan fingerprint density at radius 2 is 1.77 bits per heavy atom. The van der Waals surface area contributed by atoms with E-state index in [0.717, 1.165) is 68.9 Å². The number of aromatic nitrogens is 2. The number of anilines is 4. The highest BCUT2D eigenvalue weighted by Gasteiger charge is 2.50. The molecule has 372 valence electrons. The summed E-state index contributed by atoms with van der Waals surface area (Å²) in [5, 5.41) is 16.3. The Bertz CT molecular complexity index is 3030. The molecule has 4 saturated heterocycles. The van der Waals surface area contributed by atoms with E-state index in [1.54, 1.807) is 6.07 Å². The lowest BCUT2D eigenvalue weighted by Gasteiger charge is -2.56. The number of fused-ring (bicyclic) bond motifs is 3. The molecule has 71 heavy (non-hydrogen) atoms. The third-order valence-corrected chi connectivity index (χ3v) is 17.5. The Kier molecular flexibility index (Phi) is 12.5. The number of hydrogen-bond acceptors (Lipinski definition) is 13. The second-order valence-corrected chi connectivity index (χ2v) is 22.6. The molecule has 5 aromatic rings. The molecular formula is C54H62N8O8S. The summed E-state index contributed by atoms with van der Waals surface area (Å²) in [7, 11) is -4.60. The molecule has 11 rings (SSSR count). The standard InChI is InChI=1S/C54H62N8O8S/c1-4-18-53(2,3)42-9-6-5-8-40(42)44-10-7-22-60(44)38-30-54(31-38)19-23-59(24-20-54)37-11-13-41(45(28-37)61-47-27-36-15-21-55-50(36)57-52(47)70-49-34-69-33-48(49)61)51(63)58-71(66,67)39-12-14-43(46(29-39)62(64)65)56-32-35-16-25-68-26-17-35/h5-6,8-9,11-15,21,27-29,35,38,44,48-49,56H,7,10,16-17,19-20,22-26,30-34H2,1-3H3,(H,55,57)(H,58,63)/t44-,48+,49+/m0/s1. The van der Waals surface area contributed by atoms with E-state index in [1.165, 1.54) is 42.5 Å². The van der Waals surface area contributed by atoms with E-state index in [9.17, 15) is 23.3 Å². The van der Waals surface area contributed by atoms with Crippen LogP contribution in [-0.4, -0.2) is 105 Å². The van der Waals surface area contributed by atoms with Gasteiger partial charge in [0, 0.05) is 68.3 Å². The number of benzene rings is 3. The number of piperidine rings is 1. The molecule has 5 aliphatic heterocycles. The summed E-state index contributed by atoms with van der Waals surface area (Å²) < 4.78 is 48.4. The topological polar surface area (TPSA) is 184 Å². The maximum atomic E-state index is 14.6. The zero-order valence-corrected chi connectivity index (χ0v) is 41.4. The number of carbonyl (C=O) groups is 1. The van der Waals surface area contributed by atoms with Crippen LogP contribution in [0.5, 0.6) is 5.88 Å². The summed E-state index contributed by atoms with van der Waals surface area (Å²) in [4.78, 5) is 41.1. The van der Waals surface area contributed by atoms with Gasteiger partial charge in [-0.05, 0) is 144 Å². The molecule has 7 heterocycles. The smallest absolute Gasteiger partial charge is 0.293 e. The van der Waals surface area contributed by atoms with E-state index < -0.39 is 37.5 Å². The van der Waals surface area contributed by atoms with Crippen molar-refractivity contribution in [1.29, 1.82) is 0 Å². The van der Waals surface area contributed by atoms with Gasteiger partial charge in [0.2, 0.25) is 5.88 Å². The number of nitro benzene ring substituents is 1. The SMILES string of the molecule is CC#CC(C)(C)c1ccccc1[C@@H]1CCCN1C1CC2(CCN(c3ccc(C(=O)NS(=O)(=O)c4ccc(NCC5CCOCC5)c([N+](=O)[O-])c4)c(N4c5cc6cc[nH]c6nc5O[C@@H]5COC[C@H]54)c3)CC2)C1. The van der Waals surface area contributed by atoms with Crippen molar-refractivity contribution in [2.45, 2.75) is 107 Å². The highest BCUT2D eigenvalue weighted by atomic mass is 32.2. The molecule has 0 bridgehead atoms. The second kappa shape index (κ2) is 18.8. The van der Waals surface area contributed by atoms with Gasteiger partial charge in [0.1, 0.15) is 23.1 Å². The number of H-pyrrole nitrogens is 1. The van der Waals surface area contributed by atoms with E-state index in [-0.39, 0.29) is 34.0 Å². The van der Waals surface area contributed by atoms with Crippen LogP contribution in [0, 0.1) is 33.3 Å². The number of ether oxygens (including phenoxy) is 3. The number of nitrogens with zero attached hydrogens (tertiary/aromatic N) is 5. The number of aromatic amines is 1. The first-order chi connectivity index (χ1) is 34.3. The monoisotopic (exact) mass is 982 g/mol. The van der Waals surface area contributed by atoms with E-state index in [0.29, 0.717) is 68.0 Å². The maximum absolute atomic E-state index is 14.6. The lowest BCUT2D eigenvalue weighted by Crippen LogP contribution is -2.55. The Labute approximate surface area is 415 Å². The van der Waals surface area contributed by atoms with E-state index >= 15 is 0 Å². The van der Waals surface area contributed by atoms with Gasteiger partial charge in [-0.2, -0.15) is 4.98 Å². The van der Waals surface area contributed by atoms with Crippen LogP contribution in [0.2, 0.25) is 0 Å². The van der Waals surface area contributed by atoms with Gasteiger partial charge in [0.15, 0.2) is 0 Å². The molecule has 17 heteroatoms. The van der Waals surface area contributed by atoms with Crippen molar-refractivity contribution in [2.75, 3.05) is 67.7 Å². The number of nitrogens with one attached hydrogen (secondary N) is 3. The van der Waals surface area contributed by atoms with Crippen molar-refractivity contribution >= 4 is 55.4 Å². The highest BCUT2D eigenvalue weighted by molar-refractivity contribution is 7.90. The Morgan fingerprint density at radius 1 is 0.972 bits per heavy atom. The molecule has 1 spiro atoms. The third kappa shape index (κ3) is 8.98. The zero-order valence-electron chi connectivity index (χ0n) is 40.6. The summed E-state index contributed by atoms with van der Waals surface area (Å²) in [6.45, 7) is 11.5. The van der Waals surface area contributed by atoms with Gasteiger partial charge in [0.05, 0.1) is 45.7 Å². The zero-order chi connectivity index (χ0) is 49.1. The molecule has 3 atom stereocenters. The largest absolute Gasteiger partial charge is 0.468 e. The quantitative estimate of drug-likeness (QED) is 0.0614. The number of likely N-dealkylation sites (tertiary alicyclic amines) is 1. The lowest BCUT2D eigenvalue weighted by molar-refractivity contribution is -0.384. The van der Waals surface area contributed by atoms with Crippen LogP contribution in [0.1, 0.15) is 99.7 Å². The molecule has 6 aliphatic rings. The third-order valence-electron chi connectivity index (χ3n) is 16.2. The molecule has 3 N–H and O–H groups in total. The van der Waals surface area contributed by atoms with Crippen molar-refractivity contribution < 1.29 is 32.3 Å². The van der Waals surface area contributed by atoms with Crippen LogP contribution in [-0.2, 0) is 24.9 Å². The van der Waals surface area contributed by atoms with E-state index in [2.05, 4.69) is 74.8 Å². The summed E-state index contributed by atoms with van der Waals surface area (Å²) >= 11 is 0. The number of pyridine rings is 1. The molecule has 2 aromatic heterocycles. The average Bonchev–Trinajstić information content (AvgIpc) is 4.16. The van der Waals surface area contributed by atoms with Crippen molar-refractivity contribution in [1.82, 2.24) is 19.6 Å². The minimum Gasteiger partial charge on any atom is -0.468 e. The summed E-state index contributed by atoms with van der Waals surface area (Å²) in [5.74, 6) is 6.39. The number of nitro groups is 1. The van der Waals surface area contributed by atoms with Crippen molar-refractivity contribution in [3.05, 3.63) is 106 Å². The van der Waals surface area contributed by atoms with Gasteiger partial charge >= 0.3 is 0 Å². The fourth-order valence-electron chi connectivity index (χ4n) is 12.4. The van der Waals surface area contributed by atoms with Crippen LogP contribution in [0.15, 0.2) is 83.9 Å². The lowest BCUT2D eigenvalue weighted by atomic mass is 9.59. The van der Waals surface area contributed by atoms with Gasteiger partial charge in [-0.15, -0.1) is 5.92 Å². The number of amides is 1. The predicted molar refractivity (Wildman–Crippen MR) is 272 cm³/mol. The van der Waals surface area contributed by atoms with Gasteiger partial charge < -0.3 is 34.3 Å². The molecule has 0 radical (unpaired) electrons. The minimum absolute atomic E-state index is 0.108. The van der Waals surface area contributed by atoms with Crippen molar-refractivity contribution in [3.8, 4) is 17.7 Å². The van der Waals surface area contributed by atoms with Crippen LogP contribution in [0.4, 0.5) is 28.4 Å². The Balaban J connectivity index is 0.858. The van der Waals surface area contributed by atoms with Crippen LogP contribution < -0.4 is 24.6 Å². The fourth-order valence-corrected chi connectivity index (χ4v) is 13.4. The summed E-state index contributed by atoms with van der Waals surface area (Å²) in [6.07, 6.45) is 9.81. The van der Waals surface area contributed by atoms with Crippen molar-refractivity contribution in [2.24, 2.45) is 11.3 Å². The first kappa shape index (κ1) is 47.2. The number of hydrogen-bond donors (Lipinski definition) is 3. The number of carbonyl (C=O) groups excluding carboxylic acids is 1. The number of rotatable bonds is 12. The molecule has 1 amide bonds. The molecule has 3 aromatic carbocycles. The van der Waals surface area contributed by atoms with Gasteiger partial charge in [-0.25, -0.2) is 13.1 Å². The summed E-state index contributed by atoms with van der Waals surface area (Å²) in [6, 6.07) is 22.6. The van der Waals surface area contributed by atoms with Gasteiger partial charge in [-0.1, -0.05) is 30.2 Å². The molecule has 0 unspecified atom stereocenters. The van der Waals surface area contributed by atoms with Gasteiger partial charge in [0.25, 0.3) is 21.6 Å². The van der Waals surface area contributed by atoms with E-state index in [4.69, 9.17) is 19.2 Å².